The van der Waals surface area contributed by atoms with Crippen LogP contribution >= 0.6 is 11.6 Å². The number of anilines is 2. The Balaban J connectivity index is 1.73. The van der Waals surface area contributed by atoms with E-state index < -0.39 is 0 Å². The number of aromatic nitrogens is 2. The highest BCUT2D eigenvalue weighted by Gasteiger charge is 2.21. The van der Waals surface area contributed by atoms with Gasteiger partial charge in [-0.3, -0.25) is 0 Å². The van der Waals surface area contributed by atoms with Crippen molar-refractivity contribution in [2.75, 3.05) is 36.0 Å². The molecular weight excluding hydrogens is 291 g/mol. The van der Waals surface area contributed by atoms with E-state index in [4.69, 9.17) is 11.6 Å². The Morgan fingerprint density at radius 2 is 1.86 bits per heavy atom. The molecule has 0 aliphatic carbocycles. The molecule has 0 atom stereocenters. The third-order valence-corrected chi connectivity index (χ3v) is 3.97. The van der Waals surface area contributed by atoms with E-state index >= 15 is 0 Å². The summed E-state index contributed by atoms with van der Waals surface area (Å²) in [5, 5.41) is 0.736. The van der Waals surface area contributed by atoms with Crippen LogP contribution in [0.4, 0.5) is 15.9 Å². The summed E-state index contributed by atoms with van der Waals surface area (Å²) in [5.74, 6) is 0.0114. The highest BCUT2D eigenvalue weighted by Crippen LogP contribution is 2.26. The summed E-state index contributed by atoms with van der Waals surface area (Å²) in [7, 11) is 0. The smallest absolute Gasteiger partial charge is 0.183 e. The van der Waals surface area contributed by atoms with Gasteiger partial charge in [0.1, 0.15) is 6.33 Å². The van der Waals surface area contributed by atoms with E-state index in [-0.39, 0.29) is 5.82 Å². The predicted molar refractivity (Wildman–Crippen MR) is 82.6 cm³/mol. The van der Waals surface area contributed by atoms with Gasteiger partial charge in [-0.2, -0.15) is 0 Å². The van der Waals surface area contributed by atoms with Crippen molar-refractivity contribution in [1.29, 1.82) is 0 Å². The second-order valence-electron chi connectivity index (χ2n) is 5.10. The monoisotopic (exact) mass is 306 g/mol. The third kappa shape index (κ3) is 2.93. The molecule has 2 heterocycles. The molecule has 4 nitrogen and oxygen atoms in total. The Kier molecular flexibility index (Phi) is 3.92. The van der Waals surface area contributed by atoms with E-state index in [1.807, 2.05) is 23.1 Å². The number of nitrogens with zero attached hydrogens (tertiary/aromatic N) is 4. The van der Waals surface area contributed by atoms with Crippen LogP contribution in [0.15, 0.2) is 30.7 Å². The predicted octanol–water partition coefficient (Wildman–Crippen LogP) is 2.90. The standard InChI is InChI=1S/C15H16ClFN4/c1-11-2-3-12(16)8-14(11)20-4-6-21(7-5-20)15-13(17)9-18-10-19-15/h2-3,8-10H,4-7H2,1H3. The fourth-order valence-electron chi connectivity index (χ4n) is 2.62. The van der Waals surface area contributed by atoms with Gasteiger partial charge in [-0.05, 0) is 24.6 Å². The number of hydrogen-bond acceptors (Lipinski definition) is 4. The lowest BCUT2D eigenvalue weighted by molar-refractivity contribution is 0.582. The van der Waals surface area contributed by atoms with E-state index in [0.29, 0.717) is 5.82 Å². The Hall–Kier alpha value is -1.88. The number of halogens is 2. The van der Waals surface area contributed by atoms with Gasteiger partial charge >= 0.3 is 0 Å². The second kappa shape index (κ2) is 5.85. The first-order valence-corrected chi connectivity index (χ1v) is 7.24. The van der Waals surface area contributed by atoms with Crippen molar-refractivity contribution in [1.82, 2.24) is 9.97 Å². The third-order valence-electron chi connectivity index (χ3n) is 3.74. The quantitative estimate of drug-likeness (QED) is 0.854. The molecule has 0 bridgehead atoms. The van der Waals surface area contributed by atoms with Crippen LogP contribution < -0.4 is 9.80 Å². The summed E-state index contributed by atoms with van der Waals surface area (Å²) in [5.41, 5.74) is 2.34. The summed E-state index contributed by atoms with van der Waals surface area (Å²) in [6.45, 7) is 5.14. The van der Waals surface area contributed by atoms with Crippen LogP contribution in [0.5, 0.6) is 0 Å². The van der Waals surface area contributed by atoms with Crippen molar-refractivity contribution in [2.45, 2.75) is 6.92 Å². The first-order chi connectivity index (χ1) is 10.1. The second-order valence-corrected chi connectivity index (χ2v) is 5.54. The number of piperazine rings is 1. The maximum Gasteiger partial charge on any atom is 0.183 e. The fraction of sp³-hybridized carbons (Fsp3) is 0.333. The van der Waals surface area contributed by atoms with Gasteiger partial charge in [0.15, 0.2) is 11.6 Å². The number of aryl methyl sites for hydroxylation is 1. The molecule has 1 fully saturated rings. The molecule has 1 aliphatic rings. The largest absolute Gasteiger partial charge is 0.368 e. The molecule has 110 valence electrons. The van der Waals surface area contributed by atoms with Gasteiger partial charge in [-0.25, -0.2) is 14.4 Å². The van der Waals surface area contributed by atoms with Crippen LogP contribution in [0.25, 0.3) is 0 Å². The molecule has 6 heteroatoms. The first kappa shape index (κ1) is 14.1. The Morgan fingerprint density at radius 3 is 2.57 bits per heavy atom. The highest BCUT2D eigenvalue weighted by atomic mass is 35.5. The van der Waals surface area contributed by atoms with Crippen molar-refractivity contribution in [2.24, 2.45) is 0 Å². The topological polar surface area (TPSA) is 32.3 Å². The van der Waals surface area contributed by atoms with Crippen LogP contribution in [0.2, 0.25) is 5.02 Å². The van der Waals surface area contributed by atoms with Crippen molar-refractivity contribution in [3.63, 3.8) is 0 Å². The molecule has 1 aromatic heterocycles. The summed E-state index contributed by atoms with van der Waals surface area (Å²) < 4.78 is 13.7. The molecule has 21 heavy (non-hydrogen) atoms. The Morgan fingerprint density at radius 1 is 1.14 bits per heavy atom. The normalized spacial score (nSPS) is 15.4. The highest BCUT2D eigenvalue weighted by molar-refractivity contribution is 6.30. The van der Waals surface area contributed by atoms with E-state index in [9.17, 15) is 4.39 Å². The van der Waals surface area contributed by atoms with Gasteiger partial charge in [0.2, 0.25) is 0 Å². The summed E-state index contributed by atoms with van der Waals surface area (Å²) in [6.07, 6.45) is 2.59. The minimum absolute atomic E-state index is 0.370. The molecule has 0 spiro atoms. The summed E-state index contributed by atoms with van der Waals surface area (Å²) in [6, 6.07) is 5.90. The van der Waals surface area contributed by atoms with Crippen molar-refractivity contribution < 1.29 is 4.39 Å². The molecule has 0 saturated carbocycles. The lowest BCUT2D eigenvalue weighted by Gasteiger charge is -2.37. The van der Waals surface area contributed by atoms with E-state index in [0.717, 1.165) is 36.9 Å². The average molecular weight is 307 g/mol. The van der Waals surface area contributed by atoms with Gasteiger partial charge < -0.3 is 9.80 Å². The van der Waals surface area contributed by atoms with E-state index in [2.05, 4.69) is 21.8 Å². The first-order valence-electron chi connectivity index (χ1n) is 6.87. The van der Waals surface area contributed by atoms with Gasteiger partial charge in [0.25, 0.3) is 0 Å². The zero-order valence-electron chi connectivity index (χ0n) is 11.8. The maximum atomic E-state index is 13.7. The van der Waals surface area contributed by atoms with Crippen LogP contribution in [-0.4, -0.2) is 36.1 Å². The minimum Gasteiger partial charge on any atom is -0.368 e. The van der Waals surface area contributed by atoms with Crippen molar-refractivity contribution in [3.05, 3.63) is 47.1 Å². The van der Waals surface area contributed by atoms with Crippen LogP contribution in [-0.2, 0) is 0 Å². The Labute approximate surface area is 128 Å². The van der Waals surface area contributed by atoms with E-state index in [1.54, 1.807) is 0 Å². The fourth-order valence-corrected chi connectivity index (χ4v) is 2.79. The number of hydrogen-bond donors (Lipinski definition) is 0. The molecule has 0 unspecified atom stereocenters. The van der Waals surface area contributed by atoms with Crippen LogP contribution in [0.1, 0.15) is 5.56 Å². The molecular formula is C15H16ClFN4. The summed E-state index contributed by atoms with van der Waals surface area (Å²) in [4.78, 5) is 11.9. The van der Waals surface area contributed by atoms with Crippen LogP contribution in [0, 0.1) is 12.7 Å². The zero-order valence-corrected chi connectivity index (χ0v) is 12.5. The van der Waals surface area contributed by atoms with E-state index in [1.165, 1.54) is 18.1 Å². The minimum atomic E-state index is -0.370. The average Bonchev–Trinajstić information content (AvgIpc) is 2.50. The van der Waals surface area contributed by atoms with Crippen molar-refractivity contribution in [3.8, 4) is 0 Å². The van der Waals surface area contributed by atoms with Crippen LogP contribution in [0.3, 0.4) is 0 Å². The molecule has 1 aromatic carbocycles. The van der Waals surface area contributed by atoms with Crippen molar-refractivity contribution >= 4 is 23.1 Å². The van der Waals surface area contributed by atoms with Gasteiger partial charge in [-0.1, -0.05) is 17.7 Å². The molecule has 0 N–H and O–H groups in total. The maximum absolute atomic E-state index is 13.7. The van der Waals surface area contributed by atoms with Gasteiger partial charge in [0.05, 0.1) is 6.20 Å². The Bertz CT molecular complexity index is 641. The molecule has 0 radical (unpaired) electrons. The molecule has 3 rings (SSSR count). The SMILES string of the molecule is Cc1ccc(Cl)cc1N1CCN(c2ncncc2F)CC1. The number of rotatable bonds is 2. The zero-order chi connectivity index (χ0) is 14.8. The molecule has 2 aromatic rings. The van der Waals surface area contributed by atoms with Gasteiger partial charge in [0, 0.05) is 36.9 Å². The lowest BCUT2D eigenvalue weighted by atomic mass is 10.1. The molecule has 1 aliphatic heterocycles. The lowest BCUT2D eigenvalue weighted by Crippen LogP contribution is -2.47. The number of benzene rings is 1. The molecule has 1 saturated heterocycles. The van der Waals surface area contributed by atoms with Gasteiger partial charge in [-0.15, -0.1) is 0 Å². The molecule has 0 amide bonds. The summed E-state index contributed by atoms with van der Waals surface area (Å²) >= 11 is 6.08.